The van der Waals surface area contributed by atoms with Gasteiger partial charge in [0.15, 0.2) is 5.82 Å². The molecule has 32 heavy (non-hydrogen) atoms. The summed E-state index contributed by atoms with van der Waals surface area (Å²) in [6.45, 7) is 8.87. The van der Waals surface area contributed by atoms with E-state index in [1.54, 1.807) is 0 Å². The van der Waals surface area contributed by atoms with Crippen LogP contribution in [0, 0.1) is 6.92 Å². The number of aliphatic hydroxyl groups is 1. The first-order chi connectivity index (χ1) is 15.6. The Morgan fingerprint density at radius 3 is 2.81 bits per heavy atom. The molecule has 0 bridgehead atoms. The molecule has 174 valence electrons. The van der Waals surface area contributed by atoms with Crippen molar-refractivity contribution in [1.82, 2.24) is 9.97 Å². The third kappa shape index (κ3) is 5.68. The van der Waals surface area contributed by atoms with Gasteiger partial charge in [-0.3, -0.25) is 0 Å². The van der Waals surface area contributed by atoms with E-state index in [1.807, 2.05) is 31.2 Å². The van der Waals surface area contributed by atoms with Crippen LogP contribution in [0.2, 0.25) is 0 Å². The maximum Gasteiger partial charge on any atom is 0.164 e. The monoisotopic (exact) mass is 442 g/mol. The second-order valence-corrected chi connectivity index (χ2v) is 8.43. The molecule has 0 radical (unpaired) electrons. The van der Waals surface area contributed by atoms with Gasteiger partial charge in [-0.1, -0.05) is 25.5 Å². The molecule has 2 aromatic rings. The standard InChI is InChI=1S/C24H34N4O4/c1-3-5-20(29)16-32-21-7-4-6-18(14-21)23-26-22(25-19-8-11-31-15-19)17(2)24(27-23)28-9-12-30-13-10-28/h4,6-7,14,19-20,29H,3,5,8-13,15-16H2,1-2H3,(H,25,26,27)/t19-,20?/m1/s1. The van der Waals surface area contributed by atoms with E-state index in [2.05, 4.69) is 17.1 Å². The van der Waals surface area contributed by atoms with Crippen molar-refractivity contribution in [2.24, 2.45) is 0 Å². The number of aromatic nitrogens is 2. The SMILES string of the molecule is CCCC(O)COc1cccc(-c2nc(N[C@@H]3CCOC3)c(C)c(N3CCOCC3)n2)c1. The van der Waals surface area contributed by atoms with Gasteiger partial charge in [-0.05, 0) is 31.9 Å². The lowest BCUT2D eigenvalue weighted by molar-refractivity contribution is 0.0994. The third-order valence-electron chi connectivity index (χ3n) is 5.86. The second-order valence-electron chi connectivity index (χ2n) is 8.43. The molecule has 0 spiro atoms. The van der Waals surface area contributed by atoms with E-state index in [4.69, 9.17) is 24.2 Å². The van der Waals surface area contributed by atoms with E-state index >= 15 is 0 Å². The first kappa shape index (κ1) is 22.8. The molecule has 2 aliphatic rings. The molecule has 1 aromatic carbocycles. The van der Waals surface area contributed by atoms with Crippen molar-refractivity contribution in [2.75, 3.05) is 56.3 Å². The molecule has 1 unspecified atom stereocenters. The summed E-state index contributed by atoms with van der Waals surface area (Å²) in [4.78, 5) is 12.1. The summed E-state index contributed by atoms with van der Waals surface area (Å²) in [7, 11) is 0. The Bertz CT molecular complexity index is 882. The fourth-order valence-electron chi connectivity index (χ4n) is 4.03. The zero-order valence-corrected chi connectivity index (χ0v) is 19.0. The Labute approximate surface area is 189 Å². The number of benzene rings is 1. The third-order valence-corrected chi connectivity index (χ3v) is 5.86. The van der Waals surface area contributed by atoms with Crippen LogP contribution in [0.4, 0.5) is 11.6 Å². The highest BCUT2D eigenvalue weighted by Crippen LogP contribution is 2.30. The summed E-state index contributed by atoms with van der Waals surface area (Å²) in [6.07, 6.45) is 2.16. The lowest BCUT2D eigenvalue weighted by atomic mass is 10.1. The molecule has 1 aromatic heterocycles. The van der Waals surface area contributed by atoms with Gasteiger partial charge in [0.2, 0.25) is 0 Å². The van der Waals surface area contributed by atoms with E-state index in [9.17, 15) is 5.11 Å². The highest BCUT2D eigenvalue weighted by atomic mass is 16.5. The van der Waals surface area contributed by atoms with Crippen LogP contribution in [0.15, 0.2) is 24.3 Å². The molecule has 2 saturated heterocycles. The second kappa shape index (κ2) is 10.9. The van der Waals surface area contributed by atoms with Crippen molar-refractivity contribution >= 4 is 11.6 Å². The van der Waals surface area contributed by atoms with Gasteiger partial charge in [0.1, 0.15) is 24.0 Å². The molecular weight excluding hydrogens is 408 g/mol. The summed E-state index contributed by atoms with van der Waals surface area (Å²) in [5.41, 5.74) is 1.92. The summed E-state index contributed by atoms with van der Waals surface area (Å²) in [6, 6.07) is 8.02. The number of anilines is 2. The highest BCUT2D eigenvalue weighted by molar-refractivity contribution is 5.67. The first-order valence-electron chi connectivity index (χ1n) is 11.6. The molecule has 0 saturated carbocycles. The quantitative estimate of drug-likeness (QED) is 0.613. The maximum atomic E-state index is 10.00. The summed E-state index contributed by atoms with van der Waals surface area (Å²) < 4.78 is 16.9. The van der Waals surface area contributed by atoms with E-state index < -0.39 is 6.10 Å². The average molecular weight is 443 g/mol. The van der Waals surface area contributed by atoms with E-state index in [-0.39, 0.29) is 12.6 Å². The number of hydrogen-bond donors (Lipinski definition) is 2. The van der Waals surface area contributed by atoms with Gasteiger partial charge in [-0.15, -0.1) is 0 Å². The molecule has 4 rings (SSSR count). The Morgan fingerprint density at radius 1 is 1.22 bits per heavy atom. The van der Waals surface area contributed by atoms with E-state index in [1.165, 1.54) is 0 Å². The Balaban J connectivity index is 1.62. The molecule has 2 fully saturated rings. The van der Waals surface area contributed by atoms with Crippen LogP contribution < -0.4 is 15.0 Å². The molecule has 8 nitrogen and oxygen atoms in total. The largest absolute Gasteiger partial charge is 0.491 e. The minimum Gasteiger partial charge on any atom is -0.491 e. The van der Waals surface area contributed by atoms with Gasteiger partial charge in [-0.25, -0.2) is 9.97 Å². The topological polar surface area (TPSA) is 89.0 Å². The van der Waals surface area contributed by atoms with Gasteiger partial charge in [-0.2, -0.15) is 0 Å². The van der Waals surface area contributed by atoms with Gasteiger partial charge in [0, 0.05) is 30.8 Å². The zero-order valence-electron chi connectivity index (χ0n) is 19.0. The lowest BCUT2D eigenvalue weighted by Gasteiger charge is -2.30. The molecule has 2 N–H and O–H groups in total. The number of morpholine rings is 1. The maximum absolute atomic E-state index is 10.00. The van der Waals surface area contributed by atoms with Crippen molar-refractivity contribution in [2.45, 2.75) is 45.3 Å². The van der Waals surface area contributed by atoms with E-state index in [0.717, 1.165) is 61.7 Å². The molecule has 2 aliphatic heterocycles. The molecular formula is C24H34N4O4. The van der Waals surface area contributed by atoms with Crippen molar-refractivity contribution < 1.29 is 19.3 Å². The van der Waals surface area contributed by atoms with Crippen LogP contribution in [0.3, 0.4) is 0 Å². The molecule has 8 heteroatoms. The fraction of sp³-hybridized carbons (Fsp3) is 0.583. The average Bonchev–Trinajstić information content (AvgIpc) is 3.33. The van der Waals surface area contributed by atoms with Crippen LogP contribution in [0.25, 0.3) is 11.4 Å². The van der Waals surface area contributed by atoms with Crippen molar-refractivity contribution in [3.05, 3.63) is 29.8 Å². The Morgan fingerprint density at radius 2 is 2.06 bits per heavy atom. The normalized spacial score (nSPS) is 19.7. The Kier molecular flexibility index (Phi) is 7.78. The predicted octanol–water partition coefficient (Wildman–Crippen LogP) is 3.03. The number of aliphatic hydroxyl groups excluding tert-OH is 1. The number of rotatable bonds is 9. The predicted molar refractivity (Wildman–Crippen MR) is 124 cm³/mol. The molecule has 3 heterocycles. The van der Waals surface area contributed by atoms with E-state index in [0.29, 0.717) is 31.4 Å². The summed E-state index contributed by atoms with van der Waals surface area (Å²) >= 11 is 0. The lowest BCUT2D eigenvalue weighted by Crippen LogP contribution is -2.37. The zero-order chi connectivity index (χ0) is 22.3. The van der Waals surface area contributed by atoms with Gasteiger partial charge < -0.3 is 29.5 Å². The van der Waals surface area contributed by atoms with Crippen molar-refractivity contribution in [1.29, 1.82) is 0 Å². The van der Waals surface area contributed by atoms with Gasteiger partial charge >= 0.3 is 0 Å². The number of ether oxygens (including phenoxy) is 3. The number of nitrogens with one attached hydrogen (secondary N) is 1. The van der Waals surface area contributed by atoms with Crippen LogP contribution >= 0.6 is 0 Å². The summed E-state index contributed by atoms with van der Waals surface area (Å²) in [5, 5.41) is 13.6. The molecule has 0 aliphatic carbocycles. The van der Waals surface area contributed by atoms with Crippen LogP contribution in [-0.4, -0.2) is 73.3 Å². The van der Waals surface area contributed by atoms with Gasteiger partial charge in [0.05, 0.1) is 32.0 Å². The molecule has 0 amide bonds. The minimum absolute atomic E-state index is 0.253. The first-order valence-corrected chi connectivity index (χ1v) is 11.6. The van der Waals surface area contributed by atoms with Crippen LogP contribution in [-0.2, 0) is 9.47 Å². The van der Waals surface area contributed by atoms with Crippen LogP contribution in [0.5, 0.6) is 5.75 Å². The fourth-order valence-corrected chi connectivity index (χ4v) is 4.03. The van der Waals surface area contributed by atoms with Crippen molar-refractivity contribution in [3.8, 4) is 17.1 Å². The Hall–Kier alpha value is -2.42. The number of hydrogen-bond acceptors (Lipinski definition) is 8. The smallest absolute Gasteiger partial charge is 0.164 e. The molecule has 2 atom stereocenters. The highest BCUT2D eigenvalue weighted by Gasteiger charge is 2.23. The summed E-state index contributed by atoms with van der Waals surface area (Å²) in [5.74, 6) is 3.13. The van der Waals surface area contributed by atoms with Gasteiger partial charge in [0.25, 0.3) is 0 Å². The number of nitrogens with zero attached hydrogens (tertiary/aromatic N) is 3. The van der Waals surface area contributed by atoms with Crippen molar-refractivity contribution in [3.63, 3.8) is 0 Å². The van der Waals surface area contributed by atoms with Crippen LogP contribution in [0.1, 0.15) is 31.7 Å². The minimum atomic E-state index is -0.461.